The van der Waals surface area contributed by atoms with E-state index >= 15 is 0 Å². The van der Waals surface area contributed by atoms with Gasteiger partial charge in [-0.3, -0.25) is 4.90 Å². The van der Waals surface area contributed by atoms with E-state index in [2.05, 4.69) is 24.0 Å². The van der Waals surface area contributed by atoms with E-state index in [9.17, 15) is 15.3 Å². The Morgan fingerprint density at radius 2 is 1.54 bits per heavy atom. The Kier molecular flexibility index (Phi) is 6.30. The number of aliphatic hydroxyl groups excluding tert-OH is 2. The molecule has 1 aliphatic heterocycles. The first-order valence-electron chi connectivity index (χ1n) is 9.40. The second-order valence-corrected chi connectivity index (χ2v) is 7.63. The molecule has 0 bridgehead atoms. The molecule has 0 spiro atoms. The van der Waals surface area contributed by atoms with Gasteiger partial charge in [-0.2, -0.15) is 0 Å². The SMILES string of the molecule is Cc1ccccc1.Oc1ccc(C(O)CN2C[C@H]3CC(O)C[C@H]3C2)cc1. The Morgan fingerprint density at radius 3 is 2.04 bits per heavy atom. The van der Waals surface area contributed by atoms with E-state index in [-0.39, 0.29) is 11.9 Å². The minimum Gasteiger partial charge on any atom is -0.508 e. The minimum absolute atomic E-state index is 0.112. The van der Waals surface area contributed by atoms with Crippen LogP contribution in [0.4, 0.5) is 0 Å². The summed E-state index contributed by atoms with van der Waals surface area (Å²) in [5, 5.41) is 29.1. The van der Waals surface area contributed by atoms with Gasteiger partial charge in [0, 0.05) is 19.6 Å². The molecule has 4 atom stereocenters. The van der Waals surface area contributed by atoms with Crippen molar-refractivity contribution in [3.8, 4) is 5.75 Å². The van der Waals surface area contributed by atoms with Crippen molar-refractivity contribution in [3.05, 3.63) is 65.7 Å². The number of β-amino-alcohol motifs (C(OH)–C–C–N with tert-alkyl or cyclic N) is 1. The first-order valence-corrected chi connectivity index (χ1v) is 9.40. The smallest absolute Gasteiger partial charge is 0.115 e. The Morgan fingerprint density at radius 1 is 0.962 bits per heavy atom. The number of nitrogens with zero attached hydrogens (tertiary/aromatic N) is 1. The van der Waals surface area contributed by atoms with Gasteiger partial charge in [0.2, 0.25) is 0 Å². The van der Waals surface area contributed by atoms with Crippen molar-refractivity contribution < 1.29 is 15.3 Å². The number of phenols is 1. The first-order chi connectivity index (χ1) is 12.5. The van der Waals surface area contributed by atoms with Crippen LogP contribution in [0.3, 0.4) is 0 Å². The molecule has 26 heavy (non-hydrogen) atoms. The van der Waals surface area contributed by atoms with E-state index in [0.29, 0.717) is 18.4 Å². The molecule has 2 aliphatic rings. The van der Waals surface area contributed by atoms with Crippen molar-refractivity contribution in [1.82, 2.24) is 4.90 Å². The zero-order chi connectivity index (χ0) is 18.5. The number of aryl methyl sites for hydroxylation is 1. The number of aromatic hydroxyl groups is 1. The summed E-state index contributed by atoms with van der Waals surface area (Å²) in [6.07, 6.45) is 1.20. The van der Waals surface area contributed by atoms with Crippen LogP contribution in [-0.4, -0.2) is 46.0 Å². The minimum atomic E-state index is -0.510. The zero-order valence-electron chi connectivity index (χ0n) is 15.3. The van der Waals surface area contributed by atoms with E-state index in [0.717, 1.165) is 31.5 Å². The molecule has 2 aromatic carbocycles. The molecular weight excluding hydrogens is 326 g/mol. The van der Waals surface area contributed by atoms with Gasteiger partial charge in [-0.1, -0.05) is 48.0 Å². The predicted molar refractivity (Wildman–Crippen MR) is 103 cm³/mol. The van der Waals surface area contributed by atoms with Gasteiger partial charge in [0.05, 0.1) is 12.2 Å². The van der Waals surface area contributed by atoms with Crippen molar-refractivity contribution in [3.63, 3.8) is 0 Å². The molecule has 0 amide bonds. The van der Waals surface area contributed by atoms with Crippen LogP contribution in [0, 0.1) is 18.8 Å². The summed E-state index contributed by atoms with van der Waals surface area (Å²) < 4.78 is 0. The van der Waals surface area contributed by atoms with E-state index in [1.54, 1.807) is 24.3 Å². The summed E-state index contributed by atoms with van der Waals surface area (Å²) in [4.78, 5) is 2.29. The molecule has 0 radical (unpaired) electrons. The van der Waals surface area contributed by atoms with Crippen molar-refractivity contribution in [2.45, 2.75) is 32.0 Å². The summed E-state index contributed by atoms with van der Waals surface area (Å²) in [5.74, 6) is 1.42. The fourth-order valence-corrected chi connectivity index (χ4v) is 4.10. The summed E-state index contributed by atoms with van der Waals surface area (Å²) in [6.45, 7) is 4.68. The van der Waals surface area contributed by atoms with Crippen LogP contribution in [-0.2, 0) is 0 Å². The molecule has 1 saturated heterocycles. The highest BCUT2D eigenvalue weighted by Gasteiger charge is 2.40. The highest BCUT2D eigenvalue weighted by atomic mass is 16.3. The Balaban J connectivity index is 0.000000236. The highest BCUT2D eigenvalue weighted by molar-refractivity contribution is 5.27. The van der Waals surface area contributed by atoms with E-state index in [4.69, 9.17) is 0 Å². The molecule has 3 N–H and O–H groups in total. The number of aliphatic hydroxyl groups is 2. The molecule has 2 unspecified atom stereocenters. The van der Waals surface area contributed by atoms with Crippen LogP contribution in [0.5, 0.6) is 5.75 Å². The normalized spacial score (nSPS) is 26.0. The third-order valence-corrected chi connectivity index (χ3v) is 5.45. The zero-order valence-corrected chi connectivity index (χ0v) is 15.3. The number of fused-ring (bicyclic) bond motifs is 1. The van der Waals surface area contributed by atoms with Crippen LogP contribution in [0.15, 0.2) is 54.6 Å². The number of hydrogen-bond acceptors (Lipinski definition) is 4. The molecule has 0 aromatic heterocycles. The van der Waals surface area contributed by atoms with Gasteiger partial charge in [0.15, 0.2) is 0 Å². The molecule has 4 heteroatoms. The maximum atomic E-state index is 10.2. The lowest BCUT2D eigenvalue weighted by atomic mass is 10.0. The maximum Gasteiger partial charge on any atom is 0.115 e. The van der Waals surface area contributed by atoms with Gasteiger partial charge in [-0.25, -0.2) is 0 Å². The van der Waals surface area contributed by atoms with Gasteiger partial charge < -0.3 is 15.3 Å². The predicted octanol–water partition coefficient (Wildman–Crippen LogP) is 3.12. The van der Waals surface area contributed by atoms with E-state index in [1.165, 1.54) is 5.56 Å². The Labute approximate surface area is 155 Å². The van der Waals surface area contributed by atoms with E-state index < -0.39 is 6.10 Å². The van der Waals surface area contributed by atoms with Gasteiger partial charge >= 0.3 is 0 Å². The third-order valence-electron chi connectivity index (χ3n) is 5.45. The van der Waals surface area contributed by atoms with Crippen LogP contribution >= 0.6 is 0 Å². The second-order valence-electron chi connectivity index (χ2n) is 7.63. The average molecular weight is 355 g/mol. The van der Waals surface area contributed by atoms with Crippen LogP contribution in [0.1, 0.15) is 30.1 Å². The number of likely N-dealkylation sites (tertiary alicyclic amines) is 1. The van der Waals surface area contributed by atoms with Crippen molar-refractivity contribution in [2.75, 3.05) is 19.6 Å². The molecular formula is C22H29NO3. The largest absolute Gasteiger partial charge is 0.508 e. The van der Waals surface area contributed by atoms with Crippen LogP contribution in [0.2, 0.25) is 0 Å². The number of benzene rings is 2. The fourth-order valence-electron chi connectivity index (χ4n) is 4.10. The summed E-state index contributed by atoms with van der Waals surface area (Å²) in [5.41, 5.74) is 2.16. The van der Waals surface area contributed by atoms with Gasteiger partial charge in [-0.15, -0.1) is 0 Å². The first kappa shape index (κ1) is 18.9. The molecule has 2 fully saturated rings. The third kappa shape index (κ3) is 5.07. The summed E-state index contributed by atoms with van der Waals surface area (Å²) in [6, 6.07) is 17.0. The standard InChI is InChI=1S/C15H21NO3.C7H8/c17-13-3-1-10(2-4-13)15(19)9-16-7-11-5-14(18)6-12(11)8-16;1-7-5-3-2-4-6-7/h1-4,11-12,14-15,17-19H,5-9H2;2-6H,1H3/t11-,12+,14?,15?;. The molecule has 4 rings (SSSR count). The lowest BCUT2D eigenvalue weighted by Gasteiger charge is -2.21. The summed E-state index contributed by atoms with van der Waals surface area (Å²) in [7, 11) is 0. The lowest BCUT2D eigenvalue weighted by molar-refractivity contribution is 0.113. The topological polar surface area (TPSA) is 63.9 Å². The van der Waals surface area contributed by atoms with Crippen molar-refractivity contribution in [2.24, 2.45) is 11.8 Å². The monoisotopic (exact) mass is 355 g/mol. The Bertz CT molecular complexity index is 660. The highest BCUT2D eigenvalue weighted by Crippen LogP contribution is 2.38. The van der Waals surface area contributed by atoms with Gasteiger partial charge in [0.1, 0.15) is 5.75 Å². The molecule has 1 heterocycles. The number of phenolic OH excluding ortho intramolecular Hbond substituents is 1. The lowest BCUT2D eigenvalue weighted by Crippen LogP contribution is -2.28. The van der Waals surface area contributed by atoms with E-state index in [1.807, 2.05) is 18.2 Å². The quantitative estimate of drug-likeness (QED) is 0.792. The summed E-state index contributed by atoms with van der Waals surface area (Å²) >= 11 is 0. The molecule has 1 aliphatic carbocycles. The number of rotatable bonds is 3. The fraction of sp³-hybridized carbons (Fsp3) is 0.455. The van der Waals surface area contributed by atoms with Crippen LogP contribution in [0.25, 0.3) is 0 Å². The Hall–Kier alpha value is -1.88. The number of hydrogen-bond donors (Lipinski definition) is 3. The maximum absolute atomic E-state index is 10.2. The van der Waals surface area contributed by atoms with Crippen LogP contribution < -0.4 is 0 Å². The van der Waals surface area contributed by atoms with Crippen molar-refractivity contribution in [1.29, 1.82) is 0 Å². The molecule has 4 nitrogen and oxygen atoms in total. The molecule has 2 aromatic rings. The van der Waals surface area contributed by atoms with Gasteiger partial charge in [-0.05, 0) is 49.3 Å². The molecule has 1 saturated carbocycles. The molecule has 140 valence electrons. The van der Waals surface area contributed by atoms with Gasteiger partial charge in [0.25, 0.3) is 0 Å². The average Bonchev–Trinajstić information content (AvgIpc) is 3.13. The second kappa shape index (κ2) is 8.67. The van der Waals surface area contributed by atoms with Crippen molar-refractivity contribution >= 4 is 0 Å².